The number of benzene rings is 2. The van der Waals surface area contributed by atoms with Gasteiger partial charge in [0, 0.05) is 12.1 Å². The number of hydrogen-bond donors (Lipinski definition) is 2. The van der Waals surface area contributed by atoms with Gasteiger partial charge in [-0.05, 0) is 47.4 Å². The van der Waals surface area contributed by atoms with Gasteiger partial charge in [0.25, 0.3) is 0 Å². The smallest absolute Gasteiger partial charge is 0.304 e. The van der Waals surface area contributed by atoms with Crippen LogP contribution < -0.4 is 4.72 Å². The molecule has 0 fully saturated rings. The van der Waals surface area contributed by atoms with Gasteiger partial charge >= 0.3 is 5.97 Å². The van der Waals surface area contributed by atoms with Gasteiger partial charge in [-0.25, -0.2) is 13.1 Å². The molecule has 0 saturated heterocycles. The minimum Gasteiger partial charge on any atom is -0.481 e. The van der Waals surface area contributed by atoms with Gasteiger partial charge in [0.05, 0.1) is 11.3 Å². The highest BCUT2D eigenvalue weighted by molar-refractivity contribution is 7.89. The van der Waals surface area contributed by atoms with Crippen LogP contribution in [-0.2, 0) is 14.8 Å². The molecule has 28 heavy (non-hydrogen) atoms. The van der Waals surface area contributed by atoms with Crippen LogP contribution in [0.25, 0.3) is 6.08 Å². The second-order valence-electron chi connectivity index (χ2n) is 6.58. The molecule has 7 heteroatoms. The summed E-state index contributed by atoms with van der Waals surface area (Å²) < 4.78 is 26.4. The van der Waals surface area contributed by atoms with Crippen molar-refractivity contribution in [3.05, 3.63) is 71.3 Å². The highest BCUT2D eigenvalue weighted by Gasteiger charge is 2.14. The van der Waals surface area contributed by atoms with Crippen LogP contribution in [0.5, 0.6) is 0 Å². The Labute approximate surface area is 165 Å². The monoisotopic (exact) mass is 401 g/mol. The lowest BCUT2D eigenvalue weighted by Gasteiger charge is -2.06. The Bertz CT molecular complexity index is 959. The van der Waals surface area contributed by atoms with E-state index >= 15 is 0 Å². The molecular weight excluding hydrogens is 378 g/mol. The van der Waals surface area contributed by atoms with Gasteiger partial charge in [0.15, 0.2) is 5.78 Å². The summed E-state index contributed by atoms with van der Waals surface area (Å²) in [5.74, 6) is -0.891. The fourth-order valence-electron chi connectivity index (χ4n) is 2.43. The maximum absolute atomic E-state index is 12.3. The Hall–Kier alpha value is -2.77. The van der Waals surface area contributed by atoms with Crippen molar-refractivity contribution >= 4 is 27.9 Å². The lowest BCUT2D eigenvalue weighted by Crippen LogP contribution is -2.26. The lowest BCUT2D eigenvalue weighted by molar-refractivity contribution is -0.136. The average Bonchev–Trinajstić information content (AvgIpc) is 2.66. The predicted octanol–water partition coefficient (Wildman–Crippen LogP) is 3.46. The van der Waals surface area contributed by atoms with Crippen LogP contribution in [-0.4, -0.2) is 31.8 Å². The minimum absolute atomic E-state index is 0.0253. The maximum Gasteiger partial charge on any atom is 0.304 e. The van der Waals surface area contributed by atoms with Crippen molar-refractivity contribution in [3.8, 4) is 0 Å². The highest BCUT2D eigenvalue weighted by Crippen LogP contribution is 2.16. The summed E-state index contributed by atoms with van der Waals surface area (Å²) in [4.78, 5) is 22.7. The first-order chi connectivity index (χ1) is 13.2. The molecule has 0 aromatic heterocycles. The summed E-state index contributed by atoms with van der Waals surface area (Å²) in [7, 11) is -3.81. The third-order valence-electron chi connectivity index (χ3n) is 4.11. The molecular formula is C21H23NO5S. The van der Waals surface area contributed by atoms with Crippen LogP contribution in [0.3, 0.4) is 0 Å². The number of carboxylic acids is 1. The third kappa shape index (κ3) is 6.14. The topological polar surface area (TPSA) is 101 Å². The summed E-state index contributed by atoms with van der Waals surface area (Å²) >= 11 is 0. The van der Waals surface area contributed by atoms with E-state index in [9.17, 15) is 18.0 Å². The molecule has 2 rings (SSSR count). The van der Waals surface area contributed by atoms with E-state index in [-0.39, 0.29) is 23.6 Å². The number of sulfonamides is 1. The summed E-state index contributed by atoms with van der Waals surface area (Å²) in [6, 6.07) is 13.4. The first-order valence-corrected chi connectivity index (χ1v) is 10.3. The van der Waals surface area contributed by atoms with E-state index in [1.807, 2.05) is 24.3 Å². The first kappa shape index (κ1) is 21.5. The molecule has 148 valence electrons. The zero-order valence-corrected chi connectivity index (χ0v) is 16.6. The number of allylic oxidation sites excluding steroid dienone is 1. The standard InChI is InChI=1S/C21H23NO5S/c1-15(2)17-6-3-16(4-7-17)5-12-20(23)18-8-10-19(11-9-18)28(26,27)22-14-13-21(24)25/h3-12,15,22H,13-14H2,1-2H3,(H,24,25)/b12-5-. The zero-order chi connectivity index (χ0) is 20.7. The molecule has 0 spiro atoms. The van der Waals surface area contributed by atoms with Crippen LogP contribution in [0.4, 0.5) is 0 Å². The fourth-order valence-corrected chi connectivity index (χ4v) is 3.47. The molecule has 0 heterocycles. The summed E-state index contributed by atoms with van der Waals surface area (Å²) in [6.45, 7) is 4.02. The number of ketones is 1. The minimum atomic E-state index is -3.81. The number of hydrogen-bond acceptors (Lipinski definition) is 4. The lowest BCUT2D eigenvalue weighted by atomic mass is 10.0. The summed E-state index contributed by atoms with van der Waals surface area (Å²) in [5.41, 5.74) is 2.48. The number of nitrogens with one attached hydrogen (secondary N) is 1. The van der Waals surface area contributed by atoms with Crippen molar-refractivity contribution in [2.75, 3.05) is 6.54 Å². The number of carboxylic acid groups (broad SMARTS) is 1. The molecule has 0 aliphatic rings. The van der Waals surface area contributed by atoms with Gasteiger partial charge in [-0.3, -0.25) is 9.59 Å². The molecule has 0 radical (unpaired) electrons. The number of carbonyl (C=O) groups excluding carboxylic acids is 1. The van der Waals surface area contributed by atoms with Crippen LogP contribution in [0, 0.1) is 0 Å². The van der Waals surface area contributed by atoms with Gasteiger partial charge in [-0.15, -0.1) is 0 Å². The van der Waals surface area contributed by atoms with Gasteiger partial charge in [0.1, 0.15) is 0 Å². The van der Waals surface area contributed by atoms with Crippen molar-refractivity contribution in [3.63, 3.8) is 0 Å². The Morgan fingerprint density at radius 1 is 1.04 bits per heavy atom. The maximum atomic E-state index is 12.3. The Morgan fingerprint density at radius 3 is 2.18 bits per heavy atom. The van der Waals surface area contributed by atoms with E-state index in [1.54, 1.807) is 6.08 Å². The van der Waals surface area contributed by atoms with E-state index < -0.39 is 16.0 Å². The predicted molar refractivity (Wildman–Crippen MR) is 108 cm³/mol. The molecule has 0 saturated carbocycles. The van der Waals surface area contributed by atoms with Crippen LogP contribution in [0.1, 0.15) is 47.7 Å². The second kappa shape index (κ2) is 9.43. The van der Waals surface area contributed by atoms with Crippen LogP contribution >= 0.6 is 0 Å². The van der Waals surface area contributed by atoms with E-state index in [1.165, 1.54) is 35.9 Å². The quantitative estimate of drug-likeness (QED) is 0.495. The average molecular weight is 401 g/mol. The Balaban J connectivity index is 2.03. The zero-order valence-electron chi connectivity index (χ0n) is 15.8. The van der Waals surface area contributed by atoms with Crippen molar-refractivity contribution in [2.24, 2.45) is 0 Å². The number of aliphatic carboxylic acids is 1. The SMILES string of the molecule is CC(C)c1ccc(/C=C\C(=O)c2ccc(S(=O)(=O)NCCC(=O)O)cc2)cc1. The largest absolute Gasteiger partial charge is 0.481 e. The van der Waals surface area contributed by atoms with Crippen LogP contribution in [0.15, 0.2) is 59.5 Å². The summed E-state index contributed by atoms with van der Waals surface area (Å²) in [5, 5.41) is 8.57. The fraction of sp³-hybridized carbons (Fsp3) is 0.238. The number of carbonyl (C=O) groups is 2. The third-order valence-corrected chi connectivity index (χ3v) is 5.59. The molecule has 0 atom stereocenters. The first-order valence-electron chi connectivity index (χ1n) is 8.83. The van der Waals surface area contributed by atoms with E-state index in [0.717, 1.165) is 5.56 Å². The van der Waals surface area contributed by atoms with Crippen LogP contribution in [0.2, 0.25) is 0 Å². The van der Waals surface area contributed by atoms with Gasteiger partial charge in [-0.2, -0.15) is 0 Å². The van der Waals surface area contributed by atoms with Gasteiger partial charge < -0.3 is 5.11 Å². The van der Waals surface area contributed by atoms with Crippen molar-refractivity contribution in [2.45, 2.75) is 31.1 Å². The highest BCUT2D eigenvalue weighted by atomic mass is 32.2. The Kier molecular flexibility index (Phi) is 7.25. The molecule has 0 unspecified atom stereocenters. The molecule has 2 aromatic rings. The number of rotatable bonds is 9. The molecule has 2 aromatic carbocycles. The second-order valence-corrected chi connectivity index (χ2v) is 8.35. The molecule has 0 aliphatic heterocycles. The normalized spacial score (nSPS) is 11.8. The Morgan fingerprint density at radius 2 is 1.64 bits per heavy atom. The van der Waals surface area contributed by atoms with Gasteiger partial charge in [-0.1, -0.05) is 44.2 Å². The van der Waals surface area contributed by atoms with Crippen molar-refractivity contribution in [1.29, 1.82) is 0 Å². The summed E-state index contributed by atoms with van der Waals surface area (Å²) in [6.07, 6.45) is 2.85. The van der Waals surface area contributed by atoms with Gasteiger partial charge in [0.2, 0.25) is 10.0 Å². The van der Waals surface area contributed by atoms with Crippen molar-refractivity contribution in [1.82, 2.24) is 4.72 Å². The van der Waals surface area contributed by atoms with Crippen molar-refractivity contribution < 1.29 is 23.1 Å². The molecule has 0 aliphatic carbocycles. The van der Waals surface area contributed by atoms with E-state index in [4.69, 9.17) is 5.11 Å². The van der Waals surface area contributed by atoms with E-state index in [0.29, 0.717) is 11.5 Å². The van der Waals surface area contributed by atoms with E-state index in [2.05, 4.69) is 18.6 Å². The molecule has 2 N–H and O–H groups in total. The molecule has 0 bridgehead atoms. The molecule has 0 amide bonds. The molecule has 6 nitrogen and oxygen atoms in total.